The highest BCUT2D eigenvalue weighted by Gasteiger charge is 2.27. The number of rotatable bonds is 5. The van der Waals surface area contributed by atoms with Gasteiger partial charge in [-0.25, -0.2) is 0 Å². The molecule has 0 aromatic carbocycles. The summed E-state index contributed by atoms with van der Waals surface area (Å²) in [5.74, 6) is 0.892. The van der Waals surface area contributed by atoms with Gasteiger partial charge >= 0.3 is 6.18 Å². The van der Waals surface area contributed by atoms with Crippen LogP contribution in [-0.2, 0) is 4.79 Å². The second-order valence-corrected chi connectivity index (χ2v) is 5.41. The normalized spacial score (nSPS) is 16.7. The predicted octanol–water partition coefficient (Wildman–Crippen LogP) is 2.37. The molecule has 0 aromatic rings. The smallest absolute Gasteiger partial charge is 0.359 e. The molecule has 0 radical (unpaired) electrons. The quantitative estimate of drug-likeness (QED) is 0.384. The van der Waals surface area contributed by atoms with Gasteiger partial charge in [-0.15, -0.1) is 24.0 Å². The van der Waals surface area contributed by atoms with Crippen LogP contribution < -0.4 is 10.6 Å². The Hall–Kier alpha value is -0.740. The molecule has 1 amide bonds. The van der Waals surface area contributed by atoms with E-state index >= 15 is 0 Å². The lowest BCUT2D eigenvalue weighted by atomic mass is 9.93. The fourth-order valence-electron chi connectivity index (χ4n) is 2.43. The van der Waals surface area contributed by atoms with Crippen LogP contribution in [0.1, 0.15) is 32.6 Å². The minimum atomic E-state index is -4.18. The molecule has 0 spiro atoms. The van der Waals surface area contributed by atoms with Crippen LogP contribution in [0, 0.1) is 5.92 Å². The van der Waals surface area contributed by atoms with E-state index in [0.717, 1.165) is 12.8 Å². The molecule has 0 atom stereocenters. The van der Waals surface area contributed by atoms with Crippen LogP contribution in [0.4, 0.5) is 13.2 Å². The Kier molecular flexibility index (Phi) is 10.6. The molecule has 9 heteroatoms. The molecule has 1 heterocycles. The number of amides is 1. The van der Waals surface area contributed by atoms with Crippen LogP contribution in [0.2, 0.25) is 0 Å². The van der Waals surface area contributed by atoms with Crippen LogP contribution in [0.25, 0.3) is 0 Å². The number of hydrogen-bond donors (Lipinski definition) is 2. The van der Waals surface area contributed by atoms with Crippen molar-refractivity contribution >= 4 is 35.8 Å². The third kappa shape index (κ3) is 9.21. The average Bonchev–Trinajstić information content (AvgIpc) is 2.46. The number of piperidine rings is 1. The van der Waals surface area contributed by atoms with E-state index in [-0.39, 0.29) is 36.4 Å². The average molecular weight is 450 g/mol. The van der Waals surface area contributed by atoms with Crippen LogP contribution >= 0.6 is 24.0 Å². The van der Waals surface area contributed by atoms with Crippen molar-refractivity contribution in [3.05, 3.63) is 0 Å². The van der Waals surface area contributed by atoms with Crippen molar-refractivity contribution in [2.45, 2.75) is 38.8 Å². The molecule has 1 fully saturated rings. The Morgan fingerprint density at radius 2 is 1.91 bits per heavy atom. The molecule has 0 aliphatic carbocycles. The number of aliphatic imine (C=N–C) groups is 1. The summed E-state index contributed by atoms with van der Waals surface area (Å²) in [5.41, 5.74) is 0. The second-order valence-electron chi connectivity index (χ2n) is 5.41. The zero-order valence-electron chi connectivity index (χ0n) is 13.6. The van der Waals surface area contributed by atoms with Crippen molar-refractivity contribution < 1.29 is 18.0 Å². The first-order valence-corrected chi connectivity index (χ1v) is 7.66. The fraction of sp³-hybridized carbons (Fsp3) is 0.857. The summed E-state index contributed by atoms with van der Waals surface area (Å²) in [6.07, 6.45) is -2.89. The number of nitrogens with zero attached hydrogens (tertiary/aromatic N) is 2. The molecular weight excluding hydrogens is 424 g/mol. The van der Waals surface area contributed by atoms with Crippen LogP contribution in [0.3, 0.4) is 0 Å². The Balaban J connectivity index is 0.00000484. The standard InChI is InChI=1S/C14H25F3N4O.HI/c1-3-19-13(20-7-6-14(15,16)17)21-8-4-11(5-9-21)10-12(22)18-2;/h11H,3-10H2,1-2H3,(H,18,22)(H,19,20);1H. The summed E-state index contributed by atoms with van der Waals surface area (Å²) >= 11 is 0. The summed E-state index contributed by atoms with van der Waals surface area (Å²) in [5, 5.41) is 5.65. The monoisotopic (exact) mass is 450 g/mol. The zero-order valence-corrected chi connectivity index (χ0v) is 15.9. The predicted molar refractivity (Wildman–Crippen MR) is 95.0 cm³/mol. The van der Waals surface area contributed by atoms with Gasteiger partial charge in [0.15, 0.2) is 5.96 Å². The molecule has 1 aliphatic heterocycles. The Bertz CT molecular complexity index is 383. The van der Waals surface area contributed by atoms with Gasteiger partial charge in [-0.05, 0) is 25.7 Å². The van der Waals surface area contributed by atoms with Gasteiger partial charge in [0.2, 0.25) is 5.91 Å². The van der Waals surface area contributed by atoms with E-state index in [0.29, 0.717) is 37.9 Å². The summed E-state index contributed by atoms with van der Waals surface area (Å²) in [6, 6.07) is 0. The number of carbonyl (C=O) groups excluding carboxylic acids is 1. The van der Waals surface area contributed by atoms with Crippen molar-refractivity contribution in [2.75, 3.05) is 33.2 Å². The summed E-state index contributed by atoms with van der Waals surface area (Å²) < 4.78 is 36.6. The van der Waals surface area contributed by atoms with E-state index in [4.69, 9.17) is 0 Å². The highest BCUT2D eigenvalue weighted by molar-refractivity contribution is 14.0. The van der Waals surface area contributed by atoms with E-state index in [1.165, 1.54) is 0 Å². The maximum absolute atomic E-state index is 12.2. The minimum absolute atomic E-state index is 0. The molecule has 23 heavy (non-hydrogen) atoms. The van der Waals surface area contributed by atoms with Crippen molar-refractivity contribution in [2.24, 2.45) is 10.9 Å². The number of alkyl halides is 3. The van der Waals surface area contributed by atoms with Crippen LogP contribution in [0.5, 0.6) is 0 Å². The Morgan fingerprint density at radius 1 is 1.30 bits per heavy atom. The topological polar surface area (TPSA) is 56.7 Å². The zero-order chi connectivity index (χ0) is 16.6. The van der Waals surface area contributed by atoms with E-state index in [1.807, 2.05) is 11.8 Å². The van der Waals surface area contributed by atoms with E-state index in [2.05, 4.69) is 15.6 Å². The molecule has 0 aromatic heterocycles. The first-order valence-electron chi connectivity index (χ1n) is 7.66. The van der Waals surface area contributed by atoms with Crippen molar-refractivity contribution in [3.8, 4) is 0 Å². The highest BCUT2D eigenvalue weighted by Crippen LogP contribution is 2.21. The summed E-state index contributed by atoms with van der Waals surface area (Å²) in [7, 11) is 1.62. The number of carbonyl (C=O) groups is 1. The van der Waals surface area contributed by atoms with Crippen LogP contribution in [-0.4, -0.2) is 56.2 Å². The van der Waals surface area contributed by atoms with Gasteiger partial charge in [0.1, 0.15) is 0 Å². The lowest BCUT2D eigenvalue weighted by molar-refractivity contribution is -0.132. The fourth-order valence-corrected chi connectivity index (χ4v) is 2.43. The minimum Gasteiger partial charge on any atom is -0.359 e. The third-order valence-corrected chi connectivity index (χ3v) is 3.66. The molecular formula is C14H26F3IN4O. The highest BCUT2D eigenvalue weighted by atomic mass is 127. The SMILES string of the molecule is CCNC(=NCCC(F)(F)F)N1CCC(CC(=O)NC)CC1.I. The van der Waals surface area contributed by atoms with E-state index in [1.54, 1.807) is 7.05 Å². The van der Waals surface area contributed by atoms with E-state index < -0.39 is 12.6 Å². The molecule has 136 valence electrons. The van der Waals surface area contributed by atoms with Crippen molar-refractivity contribution in [1.29, 1.82) is 0 Å². The number of halogens is 4. The maximum Gasteiger partial charge on any atom is 0.390 e. The Morgan fingerprint density at radius 3 is 2.39 bits per heavy atom. The molecule has 1 saturated heterocycles. The molecule has 0 saturated carbocycles. The first-order chi connectivity index (χ1) is 10.4. The molecule has 1 aliphatic rings. The second kappa shape index (κ2) is 10.9. The number of likely N-dealkylation sites (tertiary alicyclic amines) is 1. The molecule has 1 rings (SSSR count). The lowest BCUT2D eigenvalue weighted by Gasteiger charge is -2.34. The number of guanidine groups is 1. The van der Waals surface area contributed by atoms with Crippen LogP contribution in [0.15, 0.2) is 4.99 Å². The number of hydrogen-bond acceptors (Lipinski definition) is 2. The largest absolute Gasteiger partial charge is 0.390 e. The molecule has 0 unspecified atom stereocenters. The van der Waals surface area contributed by atoms with Gasteiger partial charge in [-0.1, -0.05) is 0 Å². The maximum atomic E-state index is 12.2. The van der Waals surface area contributed by atoms with Gasteiger partial charge in [-0.3, -0.25) is 9.79 Å². The van der Waals surface area contributed by atoms with Gasteiger partial charge in [0.25, 0.3) is 0 Å². The van der Waals surface area contributed by atoms with Crippen molar-refractivity contribution in [3.63, 3.8) is 0 Å². The van der Waals surface area contributed by atoms with Gasteiger partial charge in [0, 0.05) is 33.1 Å². The van der Waals surface area contributed by atoms with Gasteiger partial charge in [0.05, 0.1) is 13.0 Å². The summed E-state index contributed by atoms with van der Waals surface area (Å²) in [4.78, 5) is 17.4. The Labute approximate surface area is 152 Å². The van der Waals surface area contributed by atoms with Gasteiger partial charge < -0.3 is 15.5 Å². The lowest BCUT2D eigenvalue weighted by Crippen LogP contribution is -2.46. The first kappa shape index (κ1) is 22.3. The van der Waals surface area contributed by atoms with E-state index in [9.17, 15) is 18.0 Å². The molecule has 0 bridgehead atoms. The molecule has 2 N–H and O–H groups in total. The number of nitrogens with one attached hydrogen (secondary N) is 2. The molecule has 5 nitrogen and oxygen atoms in total. The van der Waals surface area contributed by atoms with Crippen molar-refractivity contribution in [1.82, 2.24) is 15.5 Å². The third-order valence-electron chi connectivity index (χ3n) is 3.66. The summed E-state index contributed by atoms with van der Waals surface area (Å²) in [6.45, 7) is 3.66. The van der Waals surface area contributed by atoms with Gasteiger partial charge in [-0.2, -0.15) is 13.2 Å².